The van der Waals surface area contributed by atoms with Gasteiger partial charge in [0.2, 0.25) is 0 Å². The number of H-pyrrole nitrogens is 1. The molecule has 0 aliphatic heterocycles. The molecule has 0 fully saturated rings. The molecule has 1 unspecified atom stereocenters. The smallest absolute Gasteiger partial charge is 0.111 e. The first-order valence-corrected chi connectivity index (χ1v) is 8.02. The van der Waals surface area contributed by atoms with Gasteiger partial charge in [0.15, 0.2) is 0 Å². The van der Waals surface area contributed by atoms with E-state index < -0.39 is 0 Å². The zero-order chi connectivity index (χ0) is 15.8. The highest BCUT2D eigenvalue weighted by atomic mass is 35.5. The third-order valence-corrected chi connectivity index (χ3v) is 4.50. The number of aromatic nitrogens is 1. The molecule has 4 aromatic rings. The van der Waals surface area contributed by atoms with E-state index in [-0.39, 0.29) is 5.92 Å². The van der Waals surface area contributed by atoms with Gasteiger partial charge in [0.1, 0.15) is 5.76 Å². The van der Waals surface area contributed by atoms with E-state index in [4.69, 9.17) is 16.0 Å². The molecule has 0 radical (unpaired) electrons. The average Bonchev–Trinajstić information content (AvgIpc) is 3.22. The van der Waals surface area contributed by atoms with Crippen molar-refractivity contribution in [3.8, 4) is 11.3 Å². The summed E-state index contributed by atoms with van der Waals surface area (Å²) in [5, 5.41) is 1.91. The van der Waals surface area contributed by atoms with Gasteiger partial charge in [0.25, 0.3) is 0 Å². The summed E-state index contributed by atoms with van der Waals surface area (Å²) in [6.45, 7) is 2.17. The first-order chi connectivity index (χ1) is 11.2. The minimum atomic E-state index is 0.148. The first-order valence-electron chi connectivity index (χ1n) is 7.64. The van der Waals surface area contributed by atoms with Gasteiger partial charge in [0.05, 0.1) is 12.0 Å². The lowest BCUT2D eigenvalue weighted by Gasteiger charge is -2.11. The van der Waals surface area contributed by atoms with Crippen LogP contribution in [0.25, 0.3) is 22.2 Å². The largest absolute Gasteiger partial charge is 0.469 e. The molecular formula is C20H16ClNO. The molecule has 2 aromatic carbocycles. The number of rotatable bonds is 3. The minimum Gasteiger partial charge on any atom is -0.469 e. The van der Waals surface area contributed by atoms with Crippen LogP contribution in [0.4, 0.5) is 0 Å². The molecule has 0 spiro atoms. The summed E-state index contributed by atoms with van der Waals surface area (Å²) in [4.78, 5) is 3.54. The van der Waals surface area contributed by atoms with E-state index >= 15 is 0 Å². The average molecular weight is 322 g/mol. The van der Waals surface area contributed by atoms with Crippen LogP contribution in [0.3, 0.4) is 0 Å². The predicted octanol–water partition coefficient (Wildman–Crippen LogP) is 6.23. The Kier molecular flexibility index (Phi) is 3.47. The molecule has 1 N–H and O–H groups in total. The topological polar surface area (TPSA) is 28.9 Å². The Morgan fingerprint density at radius 1 is 1.00 bits per heavy atom. The van der Waals surface area contributed by atoms with Crippen LogP contribution in [0, 0.1) is 0 Å². The van der Waals surface area contributed by atoms with E-state index in [9.17, 15) is 0 Å². The van der Waals surface area contributed by atoms with Gasteiger partial charge in [-0.2, -0.15) is 0 Å². The van der Waals surface area contributed by atoms with Crippen LogP contribution in [0.2, 0.25) is 5.02 Å². The quantitative estimate of drug-likeness (QED) is 0.476. The van der Waals surface area contributed by atoms with E-state index in [1.807, 2.05) is 30.3 Å². The summed E-state index contributed by atoms with van der Waals surface area (Å²) in [5.74, 6) is 1.10. The number of fused-ring (bicyclic) bond motifs is 1. The summed E-state index contributed by atoms with van der Waals surface area (Å²) in [6, 6.07) is 20.3. The van der Waals surface area contributed by atoms with E-state index in [0.29, 0.717) is 0 Å². The van der Waals surface area contributed by atoms with Crippen LogP contribution in [0.1, 0.15) is 24.2 Å². The van der Waals surface area contributed by atoms with Crippen molar-refractivity contribution in [2.75, 3.05) is 0 Å². The van der Waals surface area contributed by atoms with E-state index in [2.05, 4.69) is 42.2 Å². The van der Waals surface area contributed by atoms with Gasteiger partial charge in [-0.15, -0.1) is 0 Å². The second kappa shape index (κ2) is 5.64. The lowest BCUT2D eigenvalue weighted by atomic mass is 9.93. The summed E-state index contributed by atoms with van der Waals surface area (Å²) < 4.78 is 5.64. The number of halogens is 1. The third kappa shape index (κ3) is 2.45. The highest BCUT2D eigenvalue weighted by Crippen LogP contribution is 2.39. The fraction of sp³-hybridized carbons (Fsp3) is 0.100. The van der Waals surface area contributed by atoms with Crippen LogP contribution in [0.5, 0.6) is 0 Å². The monoisotopic (exact) mass is 321 g/mol. The molecule has 2 heterocycles. The maximum atomic E-state index is 6.17. The van der Waals surface area contributed by atoms with Gasteiger partial charge in [-0.1, -0.05) is 54.9 Å². The van der Waals surface area contributed by atoms with Crippen molar-refractivity contribution >= 4 is 22.5 Å². The Morgan fingerprint density at radius 3 is 2.57 bits per heavy atom. The van der Waals surface area contributed by atoms with Gasteiger partial charge in [-0.25, -0.2) is 0 Å². The van der Waals surface area contributed by atoms with Crippen LogP contribution in [-0.4, -0.2) is 4.98 Å². The van der Waals surface area contributed by atoms with Crippen molar-refractivity contribution in [2.24, 2.45) is 0 Å². The van der Waals surface area contributed by atoms with Gasteiger partial charge in [-0.3, -0.25) is 0 Å². The lowest BCUT2D eigenvalue weighted by molar-refractivity contribution is 0.497. The number of nitrogens with one attached hydrogen (secondary N) is 1. The van der Waals surface area contributed by atoms with E-state index in [1.54, 1.807) is 6.26 Å². The zero-order valence-corrected chi connectivity index (χ0v) is 13.5. The first kappa shape index (κ1) is 14.2. The molecule has 0 saturated heterocycles. The van der Waals surface area contributed by atoms with Crippen molar-refractivity contribution in [2.45, 2.75) is 12.8 Å². The van der Waals surface area contributed by atoms with Crippen molar-refractivity contribution in [3.05, 3.63) is 83.3 Å². The second-order valence-electron chi connectivity index (χ2n) is 5.71. The van der Waals surface area contributed by atoms with Crippen LogP contribution < -0.4 is 0 Å². The van der Waals surface area contributed by atoms with Crippen molar-refractivity contribution < 1.29 is 4.42 Å². The Bertz CT molecular complexity index is 939. The Labute approximate surface area is 139 Å². The summed E-state index contributed by atoms with van der Waals surface area (Å²) in [6.07, 6.45) is 1.72. The van der Waals surface area contributed by atoms with Crippen molar-refractivity contribution in [3.63, 3.8) is 0 Å². The second-order valence-corrected chi connectivity index (χ2v) is 6.14. The van der Waals surface area contributed by atoms with E-state index in [1.165, 1.54) is 10.9 Å². The zero-order valence-electron chi connectivity index (χ0n) is 12.7. The van der Waals surface area contributed by atoms with Gasteiger partial charge in [-0.05, 0) is 35.4 Å². The molecule has 0 amide bonds. The third-order valence-electron chi connectivity index (χ3n) is 4.27. The standard InChI is InChI=1S/C20H16ClNO/c1-13(18-8-5-11-23-18)19-16-10-9-15(21)12-17(16)22-20(19)14-6-3-2-4-7-14/h2-13,22H,1H3. The highest BCUT2D eigenvalue weighted by molar-refractivity contribution is 6.31. The Morgan fingerprint density at radius 2 is 1.83 bits per heavy atom. The highest BCUT2D eigenvalue weighted by Gasteiger charge is 2.21. The van der Waals surface area contributed by atoms with E-state index in [0.717, 1.165) is 27.6 Å². The van der Waals surface area contributed by atoms with Crippen molar-refractivity contribution in [1.29, 1.82) is 0 Å². The summed E-state index contributed by atoms with van der Waals surface area (Å²) in [7, 11) is 0. The molecule has 1 atom stereocenters. The molecule has 2 aromatic heterocycles. The molecule has 114 valence electrons. The molecule has 0 saturated carbocycles. The molecule has 0 aliphatic rings. The normalized spacial score (nSPS) is 12.6. The minimum absolute atomic E-state index is 0.148. The Hall–Kier alpha value is -2.45. The lowest BCUT2D eigenvalue weighted by Crippen LogP contribution is -1.96. The maximum absolute atomic E-state index is 6.17. The van der Waals surface area contributed by atoms with Crippen LogP contribution in [-0.2, 0) is 0 Å². The van der Waals surface area contributed by atoms with Crippen molar-refractivity contribution in [1.82, 2.24) is 4.98 Å². The summed E-state index contributed by atoms with van der Waals surface area (Å²) in [5.41, 5.74) is 4.56. The number of aromatic amines is 1. The summed E-state index contributed by atoms with van der Waals surface area (Å²) >= 11 is 6.17. The molecular weight excluding hydrogens is 306 g/mol. The molecule has 23 heavy (non-hydrogen) atoms. The SMILES string of the molecule is CC(c1ccco1)c1c(-c2ccccc2)[nH]c2cc(Cl)ccc12. The molecule has 4 rings (SSSR count). The number of benzene rings is 2. The van der Waals surface area contributed by atoms with Crippen LogP contribution in [0.15, 0.2) is 71.3 Å². The predicted molar refractivity (Wildman–Crippen MR) is 95.0 cm³/mol. The Balaban J connectivity index is 1.99. The van der Waals surface area contributed by atoms with Gasteiger partial charge < -0.3 is 9.40 Å². The molecule has 0 aliphatic carbocycles. The number of hydrogen-bond acceptors (Lipinski definition) is 1. The molecule has 0 bridgehead atoms. The maximum Gasteiger partial charge on any atom is 0.111 e. The number of furan rings is 1. The fourth-order valence-corrected chi connectivity index (χ4v) is 3.33. The molecule has 2 nitrogen and oxygen atoms in total. The number of hydrogen-bond donors (Lipinski definition) is 1. The van der Waals surface area contributed by atoms with Crippen LogP contribution >= 0.6 is 11.6 Å². The fourth-order valence-electron chi connectivity index (χ4n) is 3.15. The van der Waals surface area contributed by atoms with Gasteiger partial charge >= 0.3 is 0 Å². The molecule has 3 heteroatoms. The van der Waals surface area contributed by atoms with Gasteiger partial charge in [0, 0.05) is 21.8 Å².